The van der Waals surface area contributed by atoms with Crippen LogP contribution in [0, 0.1) is 0 Å². The monoisotopic (exact) mass is 238 g/mol. The van der Waals surface area contributed by atoms with E-state index in [1.165, 1.54) is 0 Å². The molecule has 1 amide bonds. The Morgan fingerprint density at radius 2 is 2.31 bits per heavy atom. The highest BCUT2D eigenvalue weighted by Crippen LogP contribution is 2.41. The Hall–Kier alpha value is -1.26. The van der Waals surface area contributed by atoms with E-state index in [1.54, 1.807) is 6.07 Å². The van der Waals surface area contributed by atoms with Crippen LogP contribution in [0.4, 0.5) is 10.5 Å². The molecule has 84 valence electrons. The van der Waals surface area contributed by atoms with Crippen molar-refractivity contribution in [2.45, 2.75) is 12.0 Å². The molecule has 1 saturated heterocycles. The summed E-state index contributed by atoms with van der Waals surface area (Å²) in [5, 5.41) is 6.51. The van der Waals surface area contributed by atoms with Gasteiger partial charge in [-0.25, -0.2) is 4.79 Å². The molecule has 2 aliphatic heterocycles. The van der Waals surface area contributed by atoms with Crippen LogP contribution in [0.5, 0.6) is 0 Å². The van der Waals surface area contributed by atoms with Gasteiger partial charge >= 0.3 is 6.09 Å². The molecule has 1 spiro atoms. The molecule has 2 N–H and O–H groups in total. The van der Waals surface area contributed by atoms with E-state index < -0.39 is 11.7 Å². The predicted molar refractivity (Wildman–Crippen MR) is 60.7 cm³/mol. The highest BCUT2D eigenvalue weighted by molar-refractivity contribution is 6.31. The van der Waals surface area contributed by atoms with Gasteiger partial charge in [-0.3, -0.25) is 5.32 Å². The quantitative estimate of drug-likeness (QED) is 0.728. The van der Waals surface area contributed by atoms with Crippen LogP contribution in [-0.4, -0.2) is 19.2 Å². The van der Waals surface area contributed by atoms with Crippen LogP contribution < -0.4 is 10.6 Å². The molecule has 0 aliphatic carbocycles. The number of anilines is 1. The number of fused-ring (bicyclic) bond motifs is 2. The third kappa shape index (κ3) is 1.37. The molecule has 0 aromatic heterocycles. The van der Waals surface area contributed by atoms with Crippen LogP contribution in [0.1, 0.15) is 12.0 Å². The Morgan fingerprint density at radius 1 is 1.44 bits per heavy atom. The first-order valence-corrected chi connectivity index (χ1v) is 5.58. The number of hydrogen-bond acceptors (Lipinski definition) is 3. The second-order valence-corrected chi connectivity index (χ2v) is 4.56. The van der Waals surface area contributed by atoms with E-state index in [9.17, 15) is 4.79 Å². The van der Waals surface area contributed by atoms with Crippen molar-refractivity contribution in [3.63, 3.8) is 0 Å². The number of carbonyl (C=O) groups excluding carboxylic acids is 1. The molecule has 0 radical (unpaired) electrons. The van der Waals surface area contributed by atoms with Crippen LogP contribution in [0.2, 0.25) is 5.02 Å². The van der Waals surface area contributed by atoms with Crippen molar-refractivity contribution < 1.29 is 9.53 Å². The molecule has 0 saturated carbocycles. The molecule has 1 unspecified atom stereocenters. The Morgan fingerprint density at radius 3 is 3.06 bits per heavy atom. The number of hydrogen-bond donors (Lipinski definition) is 2. The molecule has 1 aromatic rings. The van der Waals surface area contributed by atoms with Crippen molar-refractivity contribution >= 4 is 23.4 Å². The predicted octanol–water partition coefficient (Wildman–Crippen LogP) is 2.09. The van der Waals surface area contributed by atoms with E-state index in [0.29, 0.717) is 11.6 Å². The number of benzene rings is 1. The average molecular weight is 239 g/mol. The molecule has 1 aromatic carbocycles. The summed E-state index contributed by atoms with van der Waals surface area (Å²) in [5.41, 5.74) is 1.25. The maximum atomic E-state index is 11.5. The Bertz CT molecular complexity index is 455. The maximum Gasteiger partial charge on any atom is 0.412 e. The highest BCUT2D eigenvalue weighted by atomic mass is 35.5. The fourth-order valence-corrected chi connectivity index (χ4v) is 2.54. The Labute approximate surface area is 97.9 Å². The molecule has 3 rings (SSSR count). The zero-order chi connectivity index (χ0) is 11.2. The van der Waals surface area contributed by atoms with Crippen molar-refractivity contribution in [3.8, 4) is 0 Å². The standard InChI is InChI=1S/C11H11ClN2O2/c12-7-1-2-8-9(5-7)14-10(15)16-11(8)3-4-13-6-11/h1-2,5,13H,3-4,6H2,(H,14,15). The zero-order valence-electron chi connectivity index (χ0n) is 8.55. The first-order chi connectivity index (χ1) is 7.70. The number of nitrogens with one attached hydrogen (secondary N) is 2. The molecule has 4 nitrogen and oxygen atoms in total. The van der Waals surface area contributed by atoms with Crippen molar-refractivity contribution in [2.24, 2.45) is 0 Å². The van der Waals surface area contributed by atoms with Crippen LogP contribution >= 0.6 is 11.6 Å². The summed E-state index contributed by atoms with van der Waals surface area (Å²) in [7, 11) is 0. The molecular formula is C11H11ClN2O2. The smallest absolute Gasteiger partial charge is 0.412 e. The first-order valence-electron chi connectivity index (χ1n) is 5.20. The topological polar surface area (TPSA) is 50.4 Å². The largest absolute Gasteiger partial charge is 0.436 e. The first kappa shape index (κ1) is 9.93. The van der Waals surface area contributed by atoms with Gasteiger partial charge in [0.2, 0.25) is 0 Å². The third-order valence-corrected chi connectivity index (χ3v) is 3.35. The average Bonchev–Trinajstić information content (AvgIpc) is 2.65. The van der Waals surface area contributed by atoms with E-state index in [1.807, 2.05) is 12.1 Å². The zero-order valence-corrected chi connectivity index (χ0v) is 9.30. The molecule has 1 fully saturated rings. The van der Waals surface area contributed by atoms with Crippen LogP contribution in [0.15, 0.2) is 18.2 Å². The van der Waals surface area contributed by atoms with Gasteiger partial charge in [0.15, 0.2) is 5.60 Å². The van der Waals surface area contributed by atoms with Gasteiger partial charge in [-0.05, 0) is 18.7 Å². The minimum Gasteiger partial charge on any atom is -0.436 e. The maximum absolute atomic E-state index is 11.5. The number of ether oxygens (including phenoxy) is 1. The molecule has 1 atom stereocenters. The number of amides is 1. The summed E-state index contributed by atoms with van der Waals surface area (Å²) < 4.78 is 5.45. The van der Waals surface area contributed by atoms with Crippen molar-refractivity contribution in [3.05, 3.63) is 28.8 Å². The molecular weight excluding hydrogens is 228 g/mol. The van der Waals surface area contributed by atoms with Gasteiger partial charge in [-0.1, -0.05) is 17.7 Å². The molecule has 5 heteroatoms. The lowest BCUT2D eigenvalue weighted by atomic mass is 9.90. The fourth-order valence-electron chi connectivity index (χ4n) is 2.37. The summed E-state index contributed by atoms with van der Waals surface area (Å²) in [6.45, 7) is 1.52. The van der Waals surface area contributed by atoms with Crippen molar-refractivity contribution in [2.75, 3.05) is 18.4 Å². The number of rotatable bonds is 0. The minimum atomic E-state index is -0.512. The number of carbonyl (C=O) groups is 1. The molecule has 2 aliphatic rings. The van der Waals surface area contributed by atoms with Gasteiger partial charge in [0.25, 0.3) is 0 Å². The van der Waals surface area contributed by atoms with Crippen LogP contribution in [0.3, 0.4) is 0 Å². The van der Waals surface area contributed by atoms with Gasteiger partial charge in [0.1, 0.15) is 0 Å². The lowest BCUT2D eigenvalue weighted by molar-refractivity contribution is 0.0278. The highest BCUT2D eigenvalue weighted by Gasteiger charge is 2.44. The lowest BCUT2D eigenvalue weighted by Gasteiger charge is -2.34. The molecule has 0 bridgehead atoms. The van der Waals surface area contributed by atoms with Crippen molar-refractivity contribution in [1.29, 1.82) is 0 Å². The fraction of sp³-hybridized carbons (Fsp3) is 0.364. The molecule has 2 heterocycles. The summed E-state index contributed by atoms with van der Waals surface area (Å²) in [6, 6.07) is 5.50. The van der Waals surface area contributed by atoms with Crippen LogP contribution in [-0.2, 0) is 10.3 Å². The van der Waals surface area contributed by atoms with Gasteiger partial charge in [-0.15, -0.1) is 0 Å². The SMILES string of the molecule is O=C1Nc2cc(Cl)ccc2C2(CCNC2)O1. The van der Waals surface area contributed by atoms with Crippen LogP contribution in [0.25, 0.3) is 0 Å². The summed E-state index contributed by atoms with van der Waals surface area (Å²) >= 11 is 5.91. The summed E-state index contributed by atoms with van der Waals surface area (Å²) in [5.74, 6) is 0. The van der Waals surface area contributed by atoms with E-state index in [4.69, 9.17) is 16.3 Å². The lowest BCUT2D eigenvalue weighted by Crippen LogP contribution is -2.41. The second-order valence-electron chi connectivity index (χ2n) is 4.13. The van der Waals surface area contributed by atoms with E-state index in [0.717, 1.165) is 24.2 Å². The summed E-state index contributed by atoms with van der Waals surface area (Å²) in [6.07, 6.45) is 0.396. The van der Waals surface area contributed by atoms with Gasteiger partial charge in [-0.2, -0.15) is 0 Å². The van der Waals surface area contributed by atoms with E-state index >= 15 is 0 Å². The van der Waals surface area contributed by atoms with E-state index in [2.05, 4.69) is 10.6 Å². The molecule has 16 heavy (non-hydrogen) atoms. The summed E-state index contributed by atoms with van der Waals surface area (Å²) in [4.78, 5) is 11.5. The Balaban J connectivity index is 2.14. The normalized spacial score (nSPS) is 27.4. The third-order valence-electron chi connectivity index (χ3n) is 3.11. The van der Waals surface area contributed by atoms with Gasteiger partial charge in [0, 0.05) is 23.6 Å². The number of halogens is 1. The van der Waals surface area contributed by atoms with E-state index in [-0.39, 0.29) is 0 Å². The second kappa shape index (κ2) is 3.37. The Kier molecular flexibility index (Phi) is 2.09. The van der Waals surface area contributed by atoms with Gasteiger partial charge in [0.05, 0.1) is 5.69 Å². The van der Waals surface area contributed by atoms with Crippen molar-refractivity contribution in [1.82, 2.24) is 5.32 Å². The minimum absolute atomic E-state index is 0.404. The van der Waals surface area contributed by atoms with Gasteiger partial charge < -0.3 is 10.1 Å².